The molecule has 204 valence electrons. The number of benzene rings is 1. The van der Waals surface area contributed by atoms with Crippen LogP contribution in [0.15, 0.2) is 36.2 Å². The van der Waals surface area contributed by atoms with Crippen LogP contribution in [0.2, 0.25) is 0 Å². The first kappa shape index (κ1) is 28.8. The largest absolute Gasteiger partial charge is 0.489 e. The fourth-order valence-electron chi connectivity index (χ4n) is 4.33. The van der Waals surface area contributed by atoms with E-state index in [-0.39, 0.29) is 43.1 Å². The number of thioether (sulfide) groups is 1. The molecule has 2 saturated heterocycles. The third-order valence-electron chi connectivity index (χ3n) is 6.50. The fraction of sp³-hybridized carbons (Fsp3) is 0.577. The molecule has 2 aliphatic heterocycles. The molecule has 0 radical (unpaired) electrons. The number of ether oxygens (including phenoxy) is 1. The van der Waals surface area contributed by atoms with E-state index in [0.717, 1.165) is 44.3 Å². The number of carbonyl (C=O) groups excluding carboxylic acids is 3. The van der Waals surface area contributed by atoms with Crippen LogP contribution in [0.1, 0.15) is 55.3 Å². The van der Waals surface area contributed by atoms with Crippen LogP contribution in [0.4, 0.5) is 9.18 Å². The number of unbranched alkanes of at least 4 members (excludes halogenated alkanes) is 3. The Kier molecular flexibility index (Phi) is 12.0. The zero-order valence-electron chi connectivity index (χ0n) is 21.1. The molecule has 0 bridgehead atoms. The average molecular weight is 536 g/mol. The lowest BCUT2D eigenvalue weighted by atomic mass is 10.0. The third kappa shape index (κ3) is 9.55. The summed E-state index contributed by atoms with van der Waals surface area (Å²) in [6, 6.07) is 7.06. The first-order valence-corrected chi connectivity index (χ1v) is 14.0. The van der Waals surface area contributed by atoms with Crippen LogP contribution < -0.4 is 31.7 Å². The zero-order valence-corrected chi connectivity index (χ0v) is 21.9. The molecule has 1 aromatic rings. The Morgan fingerprint density at radius 1 is 1.08 bits per heavy atom. The standard InChI is InChI=1S/C26H38FN5O4S/c27-14-18(15-28)16-36-20-10-8-19(9-11-20)25(34)30-13-5-1-4-12-29-23(33)7-3-2-6-22-24-21(17-37-22)31-26(35)32-24/h8-11,14,21-22,24H,1-7,12-13,15-17,28H2,(H,29,33)(H,30,34)(H2,31,32,35). The zero-order chi connectivity index (χ0) is 26.5. The molecule has 6 N–H and O–H groups in total. The van der Waals surface area contributed by atoms with Crippen LogP contribution in [-0.2, 0) is 4.79 Å². The topological polar surface area (TPSA) is 135 Å². The van der Waals surface area contributed by atoms with Crippen molar-refractivity contribution in [2.45, 2.75) is 62.3 Å². The van der Waals surface area contributed by atoms with E-state index in [2.05, 4.69) is 21.3 Å². The highest BCUT2D eigenvalue weighted by Crippen LogP contribution is 2.33. The van der Waals surface area contributed by atoms with Gasteiger partial charge in [-0.15, -0.1) is 0 Å². The second-order valence-corrected chi connectivity index (χ2v) is 10.6. The minimum absolute atomic E-state index is 0.0637. The van der Waals surface area contributed by atoms with Gasteiger partial charge in [-0.1, -0.05) is 6.42 Å². The van der Waals surface area contributed by atoms with E-state index in [1.807, 2.05) is 11.8 Å². The Hall–Kier alpha value is -2.79. The van der Waals surface area contributed by atoms with Crippen LogP contribution in [0.5, 0.6) is 5.75 Å². The van der Waals surface area contributed by atoms with Gasteiger partial charge in [0.15, 0.2) is 0 Å². The van der Waals surface area contributed by atoms with Crippen molar-refractivity contribution >= 4 is 29.6 Å². The Morgan fingerprint density at radius 3 is 2.57 bits per heavy atom. The van der Waals surface area contributed by atoms with E-state index < -0.39 is 0 Å². The second-order valence-electron chi connectivity index (χ2n) is 9.32. The normalized spacial score (nSPS) is 20.6. The molecule has 37 heavy (non-hydrogen) atoms. The van der Waals surface area contributed by atoms with Gasteiger partial charge in [-0.3, -0.25) is 9.59 Å². The summed E-state index contributed by atoms with van der Waals surface area (Å²) >= 11 is 1.90. The molecule has 2 heterocycles. The van der Waals surface area contributed by atoms with E-state index in [9.17, 15) is 18.8 Å². The number of halogens is 1. The Labute approximate surface area is 221 Å². The predicted octanol–water partition coefficient (Wildman–Crippen LogP) is 2.62. The summed E-state index contributed by atoms with van der Waals surface area (Å²) in [5, 5.41) is 12.2. The number of carbonyl (C=O) groups is 3. The van der Waals surface area contributed by atoms with Gasteiger partial charge in [0.1, 0.15) is 12.4 Å². The molecule has 3 atom stereocenters. The maximum Gasteiger partial charge on any atom is 0.315 e. The van der Waals surface area contributed by atoms with Gasteiger partial charge in [-0.2, -0.15) is 11.8 Å². The maximum absolute atomic E-state index is 12.5. The van der Waals surface area contributed by atoms with Crippen molar-refractivity contribution in [1.82, 2.24) is 21.3 Å². The molecule has 0 aromatic heterocycles. The summed E-state index contributed by atoms with van der Waals surface area (Å²) in [6.45, 7) is 1.35. The summed E-state index contributed by atoms with van der Waals surface area (Å²) in [5.74, 6) is 1.41. The third-order valence-corrected chi connectivity index (χ3v) is 8.01. The lowest BCUT2D eigenvalue weighted by Gasteiger charge is -2.16. The molecule has 4 amide bonds. The summed E-state index contributed by atoms with van der Waals surface area (Å²) in [4.78, 5) is 35.8. The van der Waals surface area contributed by atoms with Gasteiger partial charge >= 0.3 is 6.03 Å². The Morgan fingerprint density at radius 2 is 1.84 bits per heavy atom. The number of hydrogen-bond donors (Lipinski definition) is 5. The molecule has 9 nitrogen and oxygen atoms in total. The number of rotatable bonds is 16. The highest BCUT2D eigenvalue weighted by molar-refractivity contribution is 8.00. The van der Waals surface area contributed by atoms with Gasteiger partial charge in [0.05, 0.1) is 18.4 Å². The van der Waals surface area contributed by atoms with Gasteiger partial charge in [0, 0.05) is 48.2 Å². The molecule has 11 heteroatoms. The van der Waals surface area contributed by atoms with Crippen molar-refractivity contribution < 1.29 is 23.5 Å². The fourth-order valence-corrected chi connectivity index (χ4v) is 5.88. The van der Waals surface area contributed by atoms with Gasteiger partial charge in [0.25, 0.3) is 5.91 Å². The molecule has 2 aliphatic rings. The molecular weight excluding hydrogens is 497 g/mol. The van der Waals surface area contributed by atoms with Crippen molar-refractivity contribution in [3.05, 3.63) is 41.7 Å². The summed E-state index contributed by atoms with van der Waals surface area (Å²) in [5.41, 5.74) is 6.27. The minimum atomic E-state index is -0.163. The van der Waals surface area contributed by atoms with E-state index in [4.69, 9.17) is 10.5 Å². The smallest absolute Gasteiger partial charge is 0.315 e. The minimum Gasteiger partial charge on any atom is -0.489 e. The highest BCUT2D eigenvalue weighted by atomic mass is 32.2. The Balaban J connectivity index is 1.16. The van der Waals surface area contributed by atoms with Gasteiger partial charge in [-0.25, -0.2) is 9.18 Å². The lowest BCUT2D eigenvalue weighted by molar-refractivity contribution is -0.121. The van der Waals surface area contributed by atoms with Crippen molar-refractivity contribution in [1.29, 1.82) is 0 Å². The number of hydrogen-bond acceptors (Lipinski definition) is 6. The average Bonchev–Trinajstić information content (AvgIpc) is 3.46. The van der Waals surface area contributed by atoms with Crippen molar-refractivity contribution in [2.75, 3.05) is 32.0 Å². The summed E-state index contributed by atoms with van der Waals surface area (Å²) in [7, 11) is 0. The van der Waals surface area contributed by atoms with Crippen LogP contribution in [-0.4, -0.2) is 67.2 Å². The molecule has 3 unspecified atom stereocenters. The van der Waals surface area contributed by atoms with E-state index >= 15 is 0 Å². The number of fused-ring (bicyclic) bond motifs is 1. The van der Waals surface area contributed by atoms with E-state index in [1.54, 1.807) is 24.3 Å². The number of urea groups is 1. The van der Waals surface area contributed by atoms with E-state index in [0.29, 0.717) is 48.0 Å². The van der Waals surface area contributed by atoms with Crippen LogP contribution in [0, 0.1) is 0 Å². The molecule has 2 fully saturated rings. The van der Waals surface area contributed by atoms with Crippen molar-refractivity contribution in [3.8, 4) is 5.75 Å². The van der Waals surface area contributed by atoms with Crippen LogP contribution in [0.3, 0.4) is 0 Å². The summed E-state index contributed by atoms with van der Waals surface area (Å²) in [6.07, 6.45) is 6.40. The van der Waals surface area contributed by atoms with Crippen molar-refractivity contribution in [3.63, 3.8) is 0 Å². The first-order valence-electron chi connectivity index (χ1n) is 12.9. The monoisotopic (exact) mass is 535 g/mol. The van der Waals surface area contributed by atoms with E-state index in [1.165, 1.54) is 0 Å². The van der Waals surface area contributed by atoms with Gasteiger partial charge in [-0.05, 0) is 56.4 Å². The van der Waals surface area contributed by atoms with Crippen LogP contribution in [0.25, 0.3) is 0 Å². The molecule has 1 aromatic carbocycles. The maximum atomic E-state index is 12.5. The molecule has 3 rings (SSSR count). The quantitative estimate of drug-likeness (QED) is 0.163. The SMILES string of the molecule is NCC(=CF)COc1ccc(C(=O)NCCCCCNC(=O)CCCCC2SCC3NC(=O)NC32)cc1. The first-order chi connectivity index (χ1) is 18.0. The molecule has 0 aliphatic carbocycles. The Bertz CT molecular complexity index is 930. The highest BCUT2D eigenvalue weighted by Gasteiger charge is 2.42. The lowest BCUT2D eigenvalue weighted by Crippen LogP contribution is -2.36. The number of nitrogens with one attached hydrogen (secondary N) is 4. The molecule has 0 spiro atoms. The molecule has 0 saturated carbocycles. The van der Waals surface area contributed by atoms with Crippen molar-refractivity contribution in [2.24, 2.45) is 5.73 Å². The second kappa shape index (κ2) is 15.5. The van der Waals surface area contributed by atoms with Gasteiger partial charge < -0.3 is 31.7 Å². The molecular formula is C26H38FN5O4S. The number of amides is 4. The predicted molar refractivity (Wildman–Crippen MR) is 143 cm³/mol. The number of nitrogens with two attached hydrogens (primary N) is 1. The van der Waals surface area contributed by atoms with Gasteiger partial charge in [0.2, 0.25) is 5.91 Å². The van der Waals surface area contributed by atoms with Crippen LogP contribution >= 0.6 is 11.8 Å². The summed E-state index contributed by atoms with van der Waals surface area (Å²) < 4.78 is 18.0.